The third-order valence-corrected chi connectivity index (χ3v) is 5.39. The predicted octanol–water partition coefficient (Wildman–Crippen LogP) is 1.62. The number of imide groups is 1. The topological polar surface area (TPSA) is 78.8 Å². The zero-order valence-corrected chi connectivity index (χ0v) is 14.8. The number of fused-ring (bicyclic) bond motifs is 1. The van der Waals surface area contributed by atoms with E-state index in [4.69, 9.17) is 0 Å². The summed E-state index contributed by atoms with van der Waals surface area (Å²) < 4.78 is 0. The van der Waals surface area contributed by atoms with Crippen LogP contribution >= 0.6 is 23.5 Å². The van der Waals surface area contributed by atoms with Gasteiger partial charge in [0.25, 0.3) is 11.8 Å². The summed E-state index contributed by atoms with van der Waals surface area (Å²) in [6.07, 6.45) is 2.34. The van der Waals surface area contributed by atoms with E-state index in [9.17, 15) is 14.4 Å². The smallest absolute Gasteiger partial charge is 0.262 e. The number of carbonyl (C=O) groups is 3. The average Bonchev–Trinajstić information content (AvgIpc) is 3.18. The first kappa shape index (κ1) is 17.0. The summed E-state index contributed by atoms with van der Waals surface area (Å²) in [6.45, 7) is 0.669. The van der Waals surface area contributed by atoms with Gasteiger partial charge in [-0.25, -0.2) is 0 Å². The largest absolute Gasteiger partial charge is 0.304 e. The molecule has 0 saturated heterocycles. The minimum Gasteiger partial charge on any atom is -0.304 e. The molecule has 1 aromatic rings. The van der Waals surface area contributed by atoms with Gasteiger partial charge in [0.15, 0.2) is 5.17 Å². The first-order valence-electron chi connectivity index (χ1n) is 7.57. The van der Waals surface area contributed by atoms with Crippen LogP contribution in [0.15, 0.2) is 29.3 Å². The molecule has 1 N–H and O–H groups in total. The Bertz CT molecular complexity index is 685. The molecule has 126 valence electrons. The Morgan fingerprint density at radius 3 is 2.54 bits per heavy atom. The number of hydrogen-bond donors (Lipinski definition) is 1. The minimum atomic E-state index is -0.825. The number of amides is 3. The summed E-state index contributed by atoms with van der Waals surface area (Å²) in [5.74, 6) is 0.339. The summed E-state index contributed by atoms with van der Waals surface area (Å²) in [5.41, 5.74) is 0.717. The molecule has 6 nitrogen and oxygen atoms in total. The van der Waals surface area contributed by atoms with Crippen LogP contribution in [0.4, 0.5) is 0 Å². The molecule has 0 spiro atoms. The van der Waals surface area contributed by atoms with Crippen molar-refractivity contribution in [1.82, 2.24) is 10.2 Å². The standard InChI is InChI=1S/C16H17N3O3S2/c1-23-8-6-12(13(20)18-16-17-7-9-24-16)19-14(21)10-4-2-3-5-11(10)15(19)22/h2-5,12H,6-9H2,1H3,(H,17,18,20)/t12-/m0/s1. The van der Waals surface area contributed by atoms with Gasteiger partial charge in [-0.3, -0.25) is 24.3 Å². The van der Waals surface area contributed by atoms with E-state index in [1.165, 1.54) is 11.8 Å². The number of nitrogens with one attached hydrogen (secondary N) is 1. The van der Waals surface area contributed by atoms with Crippen molar-refractivity contribution in [2.24, 2.45) is 4.99 Å². The molecule has 1 aromatic carbocycles. The molecule has 0 radical (unpaired) electrons. The summed E-state index contributed by atoms with van der Waals surface area (Å²) >= 11 is 3.04. The van der Waals surface area contributed by atoms with Crippen LogP contribution in [-0.2, 0) is 4.79 Å². The molecule has 0 bridgehead atoms. The third-order valence-electron chi connectivity index (χ3n) is 3.85. The van der Waals surface area contributed by atoms with E-state index in [2.05, 4.69) is 10.3 Å². The van der Waals surface area contributed by atoms with Crippen molar-refractivity contribution in [3.8, 4) is 0 Å². The van der Waals surface area contributed by atoms with E-state index in [1.807, 2.05) is 6.26 Å². The van der Waals surface area contributed by atoms with Gasteiger partial charge in [-0.2, -0.15) is 11.8 Å². The van der Waals surface area contributed by atoms with Crippen LogP contribution in [0.1, 0.15) is 27.1 Å². The Hall–Kier alpha value is -1.80. The number of carbonyl (C=O) groups excluding carboxylic acids is 3. The number of nitrogens with zero attached hydrogens (tertiary/aromatic N) is 2. The van der Waals surface area contributed by atoms with Gasteiger partial charge in [-0.1, -0.05) is 23.9 Å². The molecule has 0 saturated carbocycles. The highest BCUT2D eigenvalue weighted by Gasteiger charge is 2.42. The van der Waals surface area contributed by atoms with Crippen LogP contribution in [0.5, 0.6) is 0 Å². The lowest BCUT2D eigenvalue weighted by Gasteiger charge is -2.25. The van der Waals surface area contributed by atoms with Gasteiger partial charge in [-0.15, -0.1) is 0 Å². The Morgan fingerprint density at radius 2 is 2.00 bits per heavy atom. The van der Waals surface area contributed by atoms with E-state index in [0.717, 1.165) is 10.7 Å². The Kier molecular flexibility index (Phi) is 5.25. The van der Waals surface area contributed by atoms with Crippen molar-refractivity contribution in [2.45, 2.75) is 12.5 Å². The van der Waals surface area contributed by atoms with Crippen LogP contribution in [0.25, 0.3) is 0 Å². The molecule has 3 rings (SSSR count). The van der Waals surface area contributed by atoms with Crippen molar-refractivity contribution in [3.05, 3.63) is 35.4 Å². The zero-order chi connectivity index (χ0) is 17.1. The van der Waals surface area contributed by atoms with Crippen molar-refractivity contribution in [3.63, 3.8) is 0 Å². The molecule has 2 heterocycles. The Labute approximate surface area is 148 Å². The normalized spacial score (nSPS) is 17.7. The van der Waals surface area contributed by atoms with Crippen molar-refractivity contribution in [1.29, 1.82) is 0 Å². The molecule has 3 amide bonds. The third kappa shape index (κ3) is 3.21. The van der Waals surface area contributed by atoms with Gasteiger partial charge in [0.1, 0.15) is 6.04 Å². The van der Waals surface area contributed by atoms with Crippen LogP contribution in [0.3, 0.4) is 0 Å². The highest BCUT2D eigenvalue weighted by atomic mass is 32.2. The summed E-state index contributed by atoms with van der Waals surface area (Å²) in [6, 6.07) is 5.85. The van der Waals surface area contributed by atoms with Crippen LogP contribution < -0.4 is 5.32 Å². The van der Waals surface area contributed by atoms with E-state index < -0.39 is 17.9 Å². The monoisotopic (exact) mass is 363 g/mol. The Morgan fingerprint density at radius 1 is 1.33 bits per heavy atom. The van der Waals surface area contributed by atoms with E-state index in [1.54, 1.807) is 36.0 Å². The number of aliphatic imine (C=N–C) groups is 1. The summed E-state index contributed by atoms with van der Waals surface area (Å²) in [5, 5.41) is 3.31. The maximum absolute atomic E-state index is 12.7. The maximum Gasteiger partial charge on any atom is 0.262 e. The van der Waals surface area contributed by atoms with Gasteiger partial charge in [0, 0.05) is 5.75 Å². The molecule has 24 heavy (non-hydrogen) atoms. The number of benzene rings is 1. The molecule has 8 heteroatoms. The number of hydrogen-bond acceptors (Lipinski definition) is 6. The van der Waals surface area contributed by atoms with Gasteiger partial charge < -0.3 is 5.32 Å². The van der Waals surface area contributed by atoms with Gasteiger partial charge in [-0.05, 0) is 30.6 Å². The minimum absolute atomic E-state index is 0.355. The second-order valence-electron chi connectivity index (χ2n) is 5.35. The lowest BCUT2D eigenvalue weighted by Crippen LogP contribution is -2.50. The molecule has 2 aliphatic heterocycles. The lowest BCUT2D eigenvalue weighted by molar-refractivity contribution is -0.123. The average molecular weight is 363 g/mol. The maximum atomic E-state index is 12.7. The lowest BCUT2D eigenvalue weighted by atomic mass is 10.1. The fourth-order valence-corrected chi connectivity index (χ4v) is 3.89. The van der Waals surface area contributed by atoms with Gasteiger partial charge >= 0.3 is 0 Å². The van der Waals surface area contributed by atoms with Crippen LogP contribution in [0.2, 0.25) is 0 Å². The van der Waals surface area contributed by atoms with Gasteiger partial charge in [0.2, 0.25) is 5.91 Å². The highest BCUT2D eigenvalue weighted by Crippen LogP contribution is 2.26. The van der Waals surface area contributed by atoms with Crippen molar-refractivity contribution < 1.29 is 14.4 Å². The fraction of sp³-hybridized carbons (Fsp3) is 0.375. The molecule has 0 unspecified atom stereocenters. The zero-order valence-electron chi connectivity index (χ0n) is 13.2. The molecule has 2 aliphatic rings. The second kappa shape index (κ2) is 7.40. The quantitative estimate of drug-likeness (QED) is 0.805. The SMILES string of the molecule is CSCC[C@@H](C(=O)NC1=NCCS1)N1C(=O)c2ccccc2C1=O. The number of thioether (sulfide) groups is 2. The first-order valence-corrected chi connectivity index (χ1v) is 9.95. The summed E-state index contributed by atoms with van der Waals surface area (Å²) in [7, 11) is 0. The molecular weight excluding hydrogens is 346 g/mol. The van der Waals surface area contributed by atoms with Crippen LogP contribution in [0, 0.1) is 0 Å². The second-order valence-corrected chi connectivity index (χ2v) is 7.42. The molecular formula is C16H17N3O3S2. The Balaban J connectivity index is 1.85. The van der Waals surface area contributed by atoms with Crippen LogP contribution in [-0.4, -0.2) is 58.1 Å². The highest BCUT2D eigenvalue weighted by molar-refractivity contribution is 8.14. The van der Waals surface area contributed by atoms with Crippen molar-refractivity contribution >= 4 is 46.4 Å². The number of rotatable bonds is 5. The fourth-order valence-electron chi connectivity index (χ4n) is 2.70. The van der Waals surface area contributed by atoms with E-state index in [-0.39, 0.29) is 5.91 Å². The molecule has 1 atom stereocenters. The summed E-state index contributed by atoms with van der Waals surface area (Å²) in [4.78, 5) is 43.2. The number of amidine groups is 1. The first-order chi connectivity index (χ1) is 11.6. The van der Waals surface area contributed by atoms with E-state index in [0.29, 0.717) is 35.0 Å². The molecule has 0 aromatic heterocycles. The van der Waals surface area contributed by atoms with Gasteiger partial charge in [0.05, 0.1) is 17.7 Å². The van der Waals surface area contributed by atoms with E-state index >= 15 is 0 Å². The molecule has 0 fully saturated rings. The molecule has 0 aliphatic carbocycles. The van der Waals surface area contributed by atoms with Crippen molar-refractivity contribution in [2.75, 3.05) is 24.3 Å². The predicted molar refractivity (Wildman–Crippen MR) is 96.6 cm³/mol.